The third-order valence-corrected chi connectivity index (χ3v) is 4.06. The Morgan fingerprint density at radius 1 is 1.33 bits per heavy atom. The third-order valence-electron chi connectivity index (χ3n) is 4.06. The smallest absolute Gasteiger partial charge is 0.258 e. The van der Waals surface area contributed by atoms with Crippen LogP contribution in [0.3, 0.4) is 0 Å². The maximum atomic E-state index is 12.6. The van der Waals surface area contributed by atoms with Gasteiger partial charge in [-0.25, -0.2) is 13.8 Å². The second-order valence-electron chi connectivity index (χ2n) is 5.50. The quantitative estimate of drug-likeness (QED) is 0.918. The monoisotopic (exact) mass is 293 g/mol. The first-order chi connectivity index (χ1) is 10.1. The van der Waals surface area contributed by atoms with Crippen LogP contribution in [0, 0.1) is 5.41 Å². The van der Waals surface area contributed by atoms with E-state index in [1.165, 1.54) is 0 Å². The molecule has 1 saturated heterocycles. The summed E-state index contributed by atoms with van der Waals surface area (Å²) in [6.07, 6.45) is -1.45. The molecule has 0 radical (unpaired) electrons. The standard InChI is InChI=1S/C15H17F2N3O/c16-13(17)9-20-14(21)15(8-11-4-2-1-3-5-11)10-18-7-6-12(15)19-20/h1-5,13,18H,6-10H2. The van der Waals surface area contributed by atoms with Crippen LogP contribution in [-0.4, -0.2) is 42.7 Å². The molecule has 21 heavy (non-hydrogen) atoms. The van der Waals surface area contributed by atoms with Gasteiger partial charge in [0, 0.05) is 19.5 Å². The molecular formula is C15H17F2N3O. The number of piperidine rings is 1. The van der Waals surface area contributed by atoms with E-state index in [1.807, 2.05) is 30.3 Å². The normalized spacial score (nSPS) is 25.2. The first kappa shape index (κ1) is 14.1. The zero-order valence-electron chi connectivity index (χ0n) is 11.6. The van der Waals surface area contributed by atoms with Gasteiger partial charge in [0.25, 0.3) is 12.3 Å². The number of amides is 1. The van der Waals surface area contributed by atoms with Crippen LogP contribution in [0.15, 0.2) is 35.4 Å². The highest BCUT2D eigenvalue weighted by Crippen LogP contribution is 2.36. The Morgan fingerprint density at radius 2 is 2.10 bits per heavy atom. The second-order valence-corrected chi connectivity index (χ2v) is 5.50. The topological polar surface area (TPSA) is 44.7 Å². The molecule has 1 unspecified atom stereocenters. The fourth-order valence-corrected chi connectivity index (χ4v) is 3.07. The summed E-state index contributed by atoms with van der Waals surface area (Å²) in [6.45, 7) is 0.559. The Hall–Kier alpha value is -1.82. The Kier molecular flexibility index (Phi) is 3.71. The van der Waals surface area contributed by atoms with Gasteiger partial charge in [-0.05, 0) is 12.0 Å². The molecule has 1 aromatic carbocycles. The van der Waals surface area contributed by atoms with E-state index in [2.05, 4.69) is 10.4 Å². The van der Waals surface area contributed by atoms with Gasteiger partial charge >= 0.3 is 0 Å². The highest BCUT2D eigenvalue weighted by Gasteiger charge is 2.52. The summed E-state index contributed by atoms with van der Waals surface area (Å²) in [7, 11) is 0. The summed E-state index contributed by atoms with van der Waals surface area (Å²) in [5.41, 5.74) is 0.950. The molecule has 4 nitrogen and oxygen atoms in total. The van der Waals surface area contributed by atoms with Crippen molar-refractivity contribution in [1.82, 2.24) is 10.3 Å². The predicted molar refractivity (Wildman–Crippen MR) is 75.2 cm³/mol. The molecule has 0 aliphatic carbocycles. The lowest BCUT2D eigenvalue weighted by Gasteiger charge is -2.33. The minimum atomic E-state index is -2.57. The number of carbonyl (C=O) groups is 1. The molecule has 2 aliphatic rings. The highest BCUT2D eigenvalue weighted by atomic mass is 19.3. The molecule has 1 N–H and O–H groups in total. The zero-order valence-corrected chi connectivity index (χ0v) is 11.6. The van der Waals surface area contributed by atoms with Crippen molar-refractivity contribution in [3.8, 4) is 0 Å². The second kappa shape index (κ2) is 5.52. The molecule has 112 valence electrons. The maximum Gasteiger partial charge on any atom is 0.258 e. The van der Waals surface area contributed by atoms with E-state index < -0.39 is 18.4 Å². The first-order valence-corrected chi connectivity index (χ1v) is 7.04. The minimum absolute atomic E-state index is 0.311. The average molecular weight is 293 g/mol. The van der Waals surface area contributed by atoms with Crippen molar-refractivity contribution in [2.24, 2.45) is 10.5 Å². The molecule has 0 aromatic heterocycles. The number of fused-ring (bicyclic) bond motifs is 1. The number of nitrogens with zero attached hydrogens (tertiary/aromatic N) is 2. The maximum absolute atomic E-state index is 12.6. The molecule has 0 spiro atoms. The molecule has 1 aromatic rings. The number of benzene rings is 1. The van der Waals surface area contributed by atoms with E-state index >= 15 is 0 Å². The fourth-order valence-electron chi connectivity index (χ4n) is 3.07. The van der Waals surface area contributed by atoms with E-state index in [9.17, 15) is 13.6 Å². The summed E-state index contributed by atoms with van der Waals surface area (Å²) in [5, 5.41) is 8.34. The molecule has 2 heterocycles. The van der Waals surface area contributed by atoms with Gasteiger partial charge in [0.05, 0.1) is 5.71 Å². The van der Waals surface area contributed by atoms with Crippen LogP contribution in [0.5, 0.6) is 0 Å². The Bertz CT molecular complexity index is 561. The average Bonchev–Trinajstić information content (AvgIpc) is 2.73. The van der Waals surface area contributed by atoms with Crippen molar-refractivity contribution in [3.63, 3.8) is 0 Å². The van der Waals surface area contributed by atoms with Crippen LogP contribution < -0.4 is 5.32 Å². The molecule has 3 rings (SSSR count). The Morgan fingerprint density at radius 3 is 2.81 bits per heavy atom. The summed E-state index contributed by atoms with van der Waals surface area (Å²) in [5.74, 6) is -0.311. The summed E-state index contributed by atoms with van der Waals surface area (Å²) >= 11 is 0. The Labute approximate surface area is 121 Å². The number of carbonyl (C=O) groups excluding carboxylic acids is 1. The number of hydrogen-bond donors (Lipinski definition) is 1. The van der Waals surface area contributed by atoms with Crippen LogP contribution >= 0.6 is 0 Å². The number of rotatable bonds is 4. The minimum Gasteiger partial charge on any atom is -0.315 e. The largest absolute Gasteiger partial charge is 0.315 e. The molecule has 1 atom stereocenters. The van der Waals surface area contributed by atoms with Crippen LogP contribution in [0.4, 0.5) is 8.78 Å². The Balaban J connectivity index is 1.90. The van der Waals surface area contributed by atoms with Crippen LogP contribution in [0.25, 0.3) is 0 Å². The van der Waals surface area contributed by atoms with Crippen molar-refractivity contribution < 1.29 is 13.6 Å². The van der Waals surface area contributed by atoms with Gasteiger partial charge in [-0.3, -0.25) is 4.79 Å². The lowest BCUT2D eigenvalue weighted by Crippen LogP contribution is -2.53. The molecular weight excluding hydrogens is 276 g/mol. The van der Waals surface area contributed by atoms with Crippen LogP contribution in [-0.2, 0) is 11.2 Å². The molecule has 1 amide bonds. The summed E-state index contributed by atoms with van der Waals surface area (Å²) in [4.78, 5) is 12.6. The molecule has 0 saturated carbocycles. The molecule has 0 bridgehead atoms. The van der Waals surface area contributed by atoms with Crippen molar-refractivity contribution in [2.45, 2.75) is 19.3 Å². The van der Waals surface area contributed by atoms with E-state index in [0.29, 0.717) is 19.4 Å². The molecule has 1 fully saturated rings. The van der Waals surface area contributed by atoms with Crippen molar-refractivity contribution in [3.05, 3.63) is 35.9 Å². The van der Waals surface area contributed by atoms with Gasteiger partial charge in [-0.2, -0.15) is 5.10 Å². The highest BCUT2D eigenvalue weighted by molar-refractivity contribution is 6.13. The number of alkyl halides is 2. The number of hydrazone groups is 1. The van der Waals surface area contributed by atoms with Crippen LogP contribution in [0.1, 0.15) is 12.0 Å². The van der Waals surface area contributed by atoms with Gasteiger partial charge < -0.3 is 5.32 Å². The SMILES string of the molecule is O=C1N(CC(F)F)N=C2CCNCC12Cc1ccccc1. The van der Waals surface area contributed by atoms with Gasteiger partial charge in [0.2, 0.25) is 0 Å². The summed E-state index contributed by atoms with van der Waals surface area (Å²) < 4.78 is 25.2. The van der Waals surface area contributed by atoms with E-state index in [4.69, 9.17) is 0 Å². The first-order valence-electron chi connectivity index (χ1n) is 7.04. The zero-order chi connectivity index (χ0) is 14.9. The number of halogens is 2. The van der Waals surface area contributed by atoms with Gasteiger partial charge in [0.15, 0.2) is 0 Å². The van der Waals surface area contributed by atoms with E-state index in [1.54, 1.807) is 0 Å². The summed E-state index contributed by atoms with van der Waals surface area (Å²) in [6, 6.07) is 9.63. The van der Waals surface area contributed by atoms with Gasteiger partial charge in [-0.1, -0.05) is 30.3 Å². The fraction of sp³-hybridized carbons (Fsp3) is 0.467. The van der Waals surface area contributed by atoms with Crippen LogP contribution in [0.2, 0.25) is 0 Å². The predicted octanol–water partition coefficient (Wildman–Crippen LogP) is 1.67. The lowest BCUT2D eigenvalue weighted by atomic mass is 9.74. The number of nitrogens with one attached hydrogen (secondary N) is 1. The van der Waals surface area contributed by atoms with Crippen molar-refractivity contribution >= 4 is 11.6 Å². The van der Waals surface area contributed by atoms with Crippen molar-refractivity contribution in [2.75, 3.05) is 19.6 Å². The van der Waals surface area contributed by atoms with E-state index in [0.717, 1.165) is 22.8 Å². The van der Waals surface area contributed by atoms with Gasteiger partial charge in [-0.15, -0.1) is 0 Å². The van der Waals surface area contributed by atoms with E-state index in [-0.39, 0.29) is 5.91 Å². The lowest BCUT2D eigenvalue weighted by molar-refractivity contribution is -0.138. The number of hydrogen-bond acceptors (Lipinski definition) is 3. The van der Waals surface area contributed by atoms with Crippen molar-refractivity contribution in [1.29, 1.82) is 0 Å². The van der Waals surface area contributed by atoms with Gasteiger partial charge in [0.1, 0.15) is 12.0 Å². The molecule has 2 aliphatic heterocycles. The molecule has 6 heteroatoms. The third kappa shape index (κ3) is 2.55.